The van der Waals surface area contributed by atoms with E-state index in [-0.39, 0.29) is 5.91 Å². The van der Waals surface area contributed by atoms with Gasteiger partial charge < -0.3 is 4.90 Å². The zero-order valence-electron chi connectivity index (χ0n) is 9.30. The first kappa shape index (κ1) is 11.6. The van der Waals surface area contributed by atoms with Crippen molar-refractivity contribution in [3.63, 3.8) is 0 Å². The summed E-state index contributed by atoms with van der Waals surface area (Å²) in [5, 5.41) is 0.646. The highest BCUT2D eigenvalue weighted by atomic mass is 35.5. The first-order valence-electron chi connectivity index (χ1n) is 5.13. The van der Waals surface area contributed by atoms with Gasteiger partial charge in [-0.15, -0.1) is 0 Å². The second kappa shape index (κ2) is 4.97. The zero-order chi connectivity index (χ0) is 12.3. The van der Waals surface area contributed by atoms with Crippen LogP contribution < -0.4 is 4.90 Å². The fourth-order valence-electron chi connectivity index (χ4n) is 1.44. The molecule has 17 heavy (non-hydrogen) atoms. The van der Waals surface area contributed by atoms with Crippen molar-refractivity contribution in [2.24, 2.45) is 0 Å². The minimum atomic E-state index is -0.145. The van der Waals surface area contributed by atoms with E-state index in [2.05, 4.69) is 4.98 Å². The monoisotopic (exact) mass is 246 g/mol. The van der Waals surface area contributed by atoms with Gasteiger partial charge in [-0.1, -0.05) is 17.7 Å². The summed E-state index contributed by atoms with van der Waals surface area (Å²) in [6.07, 6.45) is 1.60. The summed E-state index contributed by atoms with van der Waals surface area (Å²) in [4.78, 5) is 17.6. The fraction of sp³-hybridized carbons (Fsp3) is 0.0769. The summed E-state index contributed by atoms with van der Waals surface area (Å²) in [7, 11) is 1.71. The summed E-state index contributed by atoms with van der Waals surface area (Å²) in [6.45, 7) is 0. The van der Waals surface area contributed by atoms with Crippen molar-refractivity contribution in [2.45, 2.75) is 0 Å². The number of anilines is 1. The molecule has 0 aliphatic rings. The largest absolute Gasteiger partial charge is 0.310 e. The Kier molecular flexibility index (Phi) is 3.40. The molecule has 3 nitrogen and oxygen atoms in total. The van der Waals surface area contributed by atoms with E-state index in [9.17, 15) is 4.79 Å². The lowest BCUT2D eigenvalue weighted by Crippen LogP contribution is -2.26. The molecule has 2 aromatic rings. The Hall–Kier alpha value is -1.87. The predicted octanol–water partition coefficient (Wildman–Crippen LogP) is 3.01. The quantitative estimate of drug-likeness (QED) is 0.816. The van der Waals surface area contributed by atoms with E-state index in [1.54, 1.807) is 60.6 Å². The van der Waals surface area contributed by atoms with Crippen LogP contribution in [0, 0.1) is 0 Å². The molecule has 0 bridgehead atoms. The third-order valence-electron chi connectivity index (χ3n) is 2.40. The van der Waals surface area contributed by atoms with Crippen LogP contribution in [-0.2, 0) is 0 Å². The van der Waals surface area contributed by atoms with Gasteiger partial charge in [0, 0.05) is 24.0 Å². The first-order valence-corrected chi connectivity index (χ1v) is 5.51. The molecule has 1 aromatic heterocycles. The molecular weight excluding hydrogens is 236 g/mol. The van der Waals surface area contributed by atoms with E-state index in [1.165, 1.54) is 0 Å². The van der Waals surface area contributed by atoms with Crippen molar-refractivity contribution >= 4 is 23.2 Å². The lowest BCUT2D eigenvalue weighted by Gasteiger charge is -2.16. The maximum Gasteiger partial charge on any atom is 0.276 e. The summed E-state index contributed by atoms with van der Waals surface area (Å²) in [5.74, 6) is -0.145. The van der Waals surface area contributed by atoms with Crippen LogP contribution in [-0.4, -0.2) is 17.9 Å². The second-order valence-corrected chi connectivity index (χ2v) is 3.99. The number of benzene rings is 1. The van der Waals surface area contributed by atoms with Gasteiger partial charge in [-0.3, -0.25) is 9.78 Å². The number of hydrogen-bond donors (Lipinski definition) is 0. The SMILES string of the molecule is CN(C(=O)c1ccccn1)c1ccc(Cl)cc1. The Morgan fingerprint density at radius 1 is 1.18 bits per heavy atom. The fourth-order valence-corrected chi connectivity index (χ4v) is 1.57. The van der Waals surface area contributed by atoms with E-state index in [1.807, 2.05) is 0 Å². The zero-order valence-corrected chi connectivity index (χ0v) is 10.1. The molecule has 1 amide bonds. The third-order valence-corrected chi connectivity index (χ3v) is 2.65. The standard InChI is InChI=1S/C13H11ClN2O/c1-16(11-7-5-10(14)6-8-11)13(17)12-4-2-3-9-15-12/h2-9H,1H3. The first-order chi connectivity index (χ1) is 8.18. The number of rotatable bonds is 2. The van der Waals surface area contributed by atoms with E-state index in [0.29, 0.717) is 10.7 Å². The molecule has 0 aliphatic carbocycles. The highest BCUT2D eigenvalue weighted by Gasteiger charge is 2.13. The number of halogens is 1. The molecule has 0 atom stereocenters. The summed E-state index contributed by atoms with van der Waals surface area (Å²) < 4.78 is 0. The molecular formula is C13H11ClN2O. The summed E-state index contributed by atoms with van der Waals surface area (Å²) in [5.41, 5.74) is 1.20. The minimum Gasteiger partial charge on any atom is -0.310 e. The van der Waals surface area contributed by atoms with Crippen molar-refractivity contribution in [1.29, 1.82) is 0 Å². The topological polar surface area (TPSA) is 33.2 Å². The molecule has 0 N–H and O–H groups in total. The molecule has 0 aliphatic heterocycles. The lowest BCUT2D eigenvalue weighted by molar-refractivity contribution is 0.0988. The van der Waals surface area contributed by atoms with Crippen LogP contribution in [0.3, 0.4) is 0 Å². The number of hydrogen-bond acceptors (Lipinski definition) is 2. The predicted molar refractivity (Wildman–Crippen MR) is 68.4 cm³/mol. The van der Waals surface area contributed by atoms with Gasteiger partial charge in [0.1, 0.15) is 5.69 Å². The number of aromatic nitrogens is 1. The van der Waals surface area contributed by atoms with Gasteiger partial charge in [0.05, 0.1) is 0 Å². The molecule has 0 radical (unpaired) electrons. The number of pyridine rings is 1. The number of carbonyl (C=O) groups excluding carboxylic acids is 1. The Labute approximate surface area is 105 Å². The average Bonchev–Trinajstić information content (AvgIpc) is 2.39. The molecule has 86 valence electrons. The van der Waals surface area contributed by atoms with Crippen LogP contribution in [0.4, 0.5) is 5.69 Å². The van der Waals surface area contributed by atoms with Crippen LogP contribution in [0.25, 0.3) is 0 Å². The van der Waals surface area contributed by atoms with Crippen LogP contribution >= 0.6 is 11.6 Å². The Bertz CT molecular complexity index is 511. The van der Waals surface area contributed by atoms with Gasteiger partial charge >= 0.3 is 0 Å². The molecule has 4 heteroatoms. The van der Waals surface area contributed by atoms with E-state index < -0.39 is 0 Å². The van der Waals surface area contributed by atoms with Crippen LogP contribution in [0.2, 0.25) is 5.02 Å². The van der Waals surface area contributed by atoms with Gasteiger partial charge in [-0.25, -0.2) is 0 Å². The molecule has 0 saturated heterocycles. The molecule has 1 aromatic carbocycles. The Balaban J connectivity index is 2.23. The van der Waals surface area contributed by atoms with Crippen molar-refractivity contribution in [1.82, 2.24) is 4.98 Å². The van der Waals surface area contributed by atoms with Crippen LogP contribution in [0.5, 0.6) is 0 Å². The molecule has 0 saturated carbocycles. The van der Waals surface area contributed by atoms with Gasteiger partial charge in [0.25, 0.3) is 5.91 Å². The van der Waals surface area contributed by atoms with E-state index >= 15 is 0 Å². The van der Waals surface area contributed by atoms with Gasteiger partial charge in [-0.2, -0.15) is 0 Å². The van der Waals surface area contributed by atoms with Crippen LogP contribution in [0.15, 0.2) is 48.7 Å². The van der Waals surface area contributed by atoms with Crippen LogP contribution in [0.1, 0.15) is 10.5 Å². The third kappa shape index (κ3) is 2.63. The lowest BCUT2D eigenvalue weighted by atomic mass is 10.2. The maximum absolute atomic E-state index is 12.1. The average molecular weight is 247 g/mol. The Morgan fingerprint density at radius 2 is 1.88 bits per heavy atom. The highest BCUT2D eigenvalue weighted by molar-refractivity contribution is 6.30. The van der Waals surface area contributed by atoms with Gasteiger partial charge in [-0.05, 0) is 36.4 Å². The van der Waals surface area contributed by atoms with Crippen molar-refractivity contribution in [2.75, 3.05) is 11.9 Å². The Morgan fingerprint density at radius 3 is 2.47 bits per heavy atom. The molecule has 0 fully saturated rings. The van der Waals surface area contributed by atoms with E-state index in [0.717, 1.165) is 5.69 Å². The van der Waals surface area contributed by atoms with Gasteiger partial charge in [0.2, 0.25) is 0 Å². The molecule has 0 spiro atoms. The van der Waals surface area contributed by atoms with Crippen molar-refractivity contribution in [3.8, 4) is 0 Å². The molecule has 0 unspecified atom stereocenters. The summed E-state index contributed by atoms with van der Waals surface area (Å²) in [6, 6.07) is 12.3. The normalized spacial score (nSPS) is 10.0. The second-order valence-electron chi connectivity index (χ2n) is 3.56. The maximum atomic E-state index is 12.1. The number of carbonyl (C=O) groups is 1. The van der Waals surface area contributed by atoms with E-state index in [4.69, 9.17) is 11.6 Å². The highest BCUT2D eigenvalue weighted by Crippen LogP contribution is 2.18. The molecule has 2 rings (SSSR count). The van der Waals surface area contributed by atoms with Crippen molar-refractivity contribution < 1.29 is 4.79 Å². The van der Waals surface area contributed by atoms with Gasteiger partial charge in [0.15, 0.2) is 0 Å². The minimum absolute atomic E-state index is 0.145. The smallest absolute Gasteiger partial charge is 0.276 e. The number of nitrogens with zero attached hydrogens (tertiary/aromatic N) is 2. The van der Waals surface area contributed by atoms with Crippen molar-refractivity contribution in [3.05, 3.63) is 59.4 Å². The number of amides is 1. The molecule has 1 heterocycles. The summed E-state index contributed by atoms with van der Waals surface area (Å²) >= 11 is 5.80.